The zero-order valence-corrected chi connectivity index (χ0v) is 11.0. The molecule has 1 amide bonds. The molecule has 0 atom stereocenters. The molecule has 1 heterocycles. The highest BCUT2D eigenvalue weighted by molar-refractivity contribution is 6.31. The van der Waals surface area contributed by atoms with E-state index in [9.17, 15) is 4.79 Å². The van der Waals surface area contributed by atoms with Crippen molar-refractivity contribution in [3.8, 4) is 0 Å². The predicted octanol–water partition coefficient (Wildman–Crippen LogP) is 1.93. The first-order valence-corrected chi connectivity index (χ1v) is 6.20. The van der Waals surface area contributed by atoms with Crippen LogP contribution in [0.2, 0.25) is 5.02 Å². The van der Waals surface area contributed by atoms with E-state index in [1.54, 1.807) is 29.2 Å². The summed E-state index contributed by atoms with van der Waals surface area (Å²) < 4.78 is 1.68. The van der Waals surface area contributed by atoms with Crippen LogP contribution in [0, 0.1) is 0 Å². The van der Waals surface area contributed by atoms with Gasteiger partial charge < -0.3 is 11.1 Å². The van der Waals surface area contributed by atoms with Gasteiger partial charge in [0.25, 0.3) is 0 Å². The van der Waals surface area contributed by atoms with Crippen molar-refractivity contribution >= 4 is 28.9 Å². The van der Waals surface area contributed by atoms with Gasteiger partial charge in [0, 0.05) is 18.0 Å². The van der Waals surface area contributed by atoms with Crippen molar-refractivity contribution in [2.45, 2.75) is 19.4 Å². The number of amides is 1. The van der Waals surface area contributed by atoms with Crippen LogP contribution < -0.4 is 11.1 Å². The van der Waals surface area contributed by atoms with Crippen molar-refractivity contribution in [3.63, 3.8) is 0 Å². The highest BCUT2D eigenvalue weighted by atomic mass is 35.5. The van der Waals surface area contributed by atoms with Gasteiger partial charge in [-0.15, -0.1) is 0 Å². The number of carbonyl (C=O) groups is 1. The van der Waals surface area contributed by atoms with Crippen LogP contribution in [0.25, 0.3) is 0 Å². The standard InChI is InChI=1S/C12H14ClN5O/c13-9-3-4-10(14)11(6-9)17-12(19)2-1-5-18-8-15-7-16-18/h3-4,6-8H,1-2,5,14H2,(H,17,19). The Morgan fingerprint density at radius 1 is 1.47 bits per heavy atom. The molecule has 0 aliphatic carbocycles. The summed E-state index contributed by atoms with van der Waals surface area (Å²) in [5.74, 6) is -0.103. The molecule has 0 spiro atoms. The Labute approximate surface area is 115 Å². The summed E-state index contributed by atoms with van der Waals surface area (Å²) in [4.78, 5) is 15.6. The molecule has 1 aromatic heterocycles. The Morgan fingerprint density at radius 3 is 3.05 bits per heavy atom. The Kier molecular flexibility index (Phi) is 4.35. The molecule has 0 aliphatic rings. The molecule has 0 radical (unpaired) electrons. The molecular formula is C12H14ClN5O. The quantitative estimate of drug-likeness (QED) is 0.819. The highest BCUT2D eigenvalue weighted by Crippen LogP contribution is 2.23. The lowest BCUT2D eigenvalue weighted by molar-refractivity contribution is -0.116. The average molecular weight is 280 g/mol. The summed E-state index contributed by atoms with van der Waals surface area (Å²) in [6.07, 6.45) is 4.14. The van der Waals surface area contributed by atoms with Crippen LogP contribution in [0.4, 0.5) is 11.4 Å². The first-order chi connectivity index (χ1) is 9.15. The smallest absolute Gasteiger partial charge is 0.224 e. The zero-order valence-electron chi connectivity index (χ0n) is 10.2. The summed E-state index contributed by atoms with van der Waals surface area (Å²) in [6, 6.07) is 4.97. The first kappa shape index (κ1) is 13.4. The number of hydrogen-bond acceptors (Lipinski definition) is 4. The monoisotopic (exact) mass is 279 g/mol. The van der Waals surface area contributed by atoms with Gasteiger partial charge in [-0.05, 0) is 24.6 Å². The maximum atomic E-state index is 11.7. The minimum atomic E-state index is -0.103. The number of nitrogen functional groups attached to an aromatic ring is 1. The fourth-order valence-corrected chi connectivity index (χ4v) is 1.77. The summed E-state index contributed by atoms with van der Waals surface area (Å²) in [6.45, 7) is 0.651. The number of nitrogens with zero attached hydrogens (tertiary/aromatic N) is 3. The average Bonchev–Trinajstić information content (AvgIpc) is 2.87. The number of nitrogens with one attached hydrogen (secondary N) is 1. The van der Waals surface area contributed by atoms with Crippen molar-refractivity contribution in [3.05, 3.63) is 35.9 Å². The van der Waals surface area contributed by atoms with E-state index in [0.717, 1.165) is 0 Å². The van der Waals surface area contributed by atoms with Gasteiger partial charge in [-0.3, -0.25) is 9.48 Å². The fourth-order valence-electron chi connectivity index (χ4n) is 1.60. The largest absolute Gasteiger partial charge is 0.397 e. The first-order valence-electron chi connectivity index (χ1n) is 5.82. The van der Waals surface area contributed by atoms with Crippen LogP contribution in [-0.2, 0) is 11.3 Å². The lowest BCUT2D eigenvalue weighted by Gasteiger charge is -2.08. The van der Waals surface area contributed by atoms with Gasteiger partial charge in [-0.1, -0.05) is 11.6 Å². The SMILES string of the molecule is Nc1ccc(Cl)cc1NC(=O)CCCn1cncn1. The Hall–Kier alpha value is -2.08. The number of benzene rings is 1. The molecule has 100 valence electrons. The second-order valence-electron chi connectivity index (χ2n) is 4.04. The molecule has 0 bridgehead atoms. The third-order valence-corrected chi connectivity index (χ3v) is 2.78. The van der Waals surface area contributed by atoms with Gasteiger partial charge in [0.2, 0.25) is 5.91 Å². The molecule has 2 aromatic rings. The third-order valence-electron chi connectivity index (χ3n) is 2.55. The normalized spacial score (nSPS) is 10.4. The molecule has 1 aromatic carbocycles. The van der Waals surface area contributed by atoms with Crippen molar-refractivity contribution in [2.24, 2.45) is 0 Å². The molecule has 3 N–H and O–H groups in total. The molecule has 0 saturated heterocycles. The fraction of sp³-hybridized carbons (Fsp3) is 0.250. The maximum absolute atomic E-state index is 11.7. The van der Waals surface area contributed by atoms with E-state index in [0.29, 0.717) is 35.8 Å². The van der Waals surface area contributed by atoms with Crippen LogP contribution >= 0.6 is 11.6 Å². The topological polar surface area (TPSA) is 85.8 Å². The van der Waals surface area contributed by atoms with E-state index in [1.807, 2.05) is 0 Å². The number of hydrogen-bond donors (Lipinski definition) is 2. The van der Waals surface area contributed by atoms with Crippen molar-refractivity contribution in [1.82, 2.24) is 14.8 Å². The van der Waals surface area contributed by atoms with Crippen molar-refractivity contribution in [1.29, 1.82) is 0 Å². The number of anilines is 2. The van der Waals surface area contributed by atoms with Gasteiger partial charge in [-0.25, -0.2) is 4.98 Å². The number of nitrogens with two attached hydrogens (primary N) is 1. The lowest BCUT2D eigenvalue weighted by atomic mass is 10.2. The molecule has 6 nitrogen and oxygen atoms in total. The van der Waals surface area contributed by atoms with E-state index >= 15 is 0 Å². The van der Waals surface area contributed by atoms with Gasteiger partial charge >= 0.3 is 0 Å². The molecule has 0 aliphatic heterocycles. The molecule has 0 saturated carbocycles. The minimum Gasteiger partial charge on any atom is -0.397 e. The maximum Gasteiger partial charge on any atom is 0.224 e. The summed E-state index contributed by atoms with van der Waals surface area (Å²) in [5.41, 5.74) is 6.78. The van der Waals surface area contributed by atoms with E-state index in [2.05, 4.69) is 15.4 Å². The number of halogens is 1. The summed E-state index contributed by atoms with van der Waals surface area (Å²) in [5, 5.41) is 7.23. The van der Waals surface area contributed by atoms with Crippen molar-refractivity contribution in [2.75, 3.05) is 11.1 Å². The van der Waals surface area contributed by atoms with Crippen LogP contribution in [0.5, 0.6) is 0 Å². The molecule has 0 unspecified atom stereocenters. The highest BCUT2D eigenvalue weighted by Gasteiger charge is 2.06. The molecule has 7 heteroatoms. The molecule has 19 heavy (non-hydrogen) atoms. The van der Waals surface area contributed by atoms with E-state index in [-0.39, 0.29) is 5.91 Å². The van der Waals surface area contributed by atoms with Gasteiger partial charge in [0.15, 0.2) is 0 Å². The zero-order chi connectivity index (χ0) is 13.7. The second kappa shape index (κ2) is 6.19. The van der Waals surface area contributed by atoms with Crippen molar-refractivity contribution < 1.29 is 4.79 Å². The molecular weight excluding hydrogens is 266 g/mol. The number of aromatic nitrogens is 3. The minimum absolute atomic E-state index is 0.103. The van der Waals surface area contributed by atoms with Crippen LogP contribution in [0.3, 0.4) is 0 Å². The second-order valence-corrected chi connectivity index (χ2v) is 4.48. The lowest BCUT2D eigenvalue weighted by Crippen LogP contribution is -2.13. The third kappa shape index (κ3) is 3.96. The number of rotatable bonds is 5. The molecule has 2 rings (SSSR count). The van der Waals surface area contributed by atoms with E-state index in [1.165, 1.54) is 6.33 Å². The predicted molar refractivity (Wildman–Crippen MR) is 73.8 cm³/mol. The number of carbonyl (C=O) groups excluding carboxylic acids is 1. The molecule has 0 fully saturated rings. The van der Waals surface area contributed by atoms with Gasteiger partial charge in [0.1, 0.15) is 12.7 Å². The Bertz CT molecular complexity index is 555. The van der Waals surface area contributed by atoms with E-state index < -0.39 is 0 Å². The summed E-state index contributed by atoms with van der Waals surface area (Å²) in [7, 11) is 0. The Balaban J connectivity index is 1.82. The van der Waals surface area contributed by atoms with Crippen LogP contribution in [-0.4, -0.2) is 20.7 Å². The van der Waals surface area contributed by atoms with Gasteiger partial charge in [-0.2, -0.15) is 5.10 Å². The van der Waals surface area contributed by atoms with Gasteiger partial charge in [0.05, 0.1) is 11.4 Å². The van der Waals surface area contributed by atoms with Crippen LogP contribution in [0.15, 0.2) is 30.9 Å². The number of aryl methyl sites for hydroxylation is 1. The Morgan fingerprint density at radius 2 is 2.32 bits per heavy atom. The summed E-state index contributed by atoms with van der Waals surface area (Å²) >= 11 is 5.85. The van der Waals surface area contributed by atoms with Crippen LogP contribution in [0.1, 0.15) is 12.8 Å². The van der Waals surface area contributed by atoms with E-state index in [4.69, 9.17) is 17.3 Å².